The molecule has 1 aliphatic rings. The second-order valence-electron chi connectivity index (χ2n) is 4.03. The van der Waals surface area contributed by atoms with Gasteiger partial charge in [-0.25, -0.2) is 0 Å². The van der Waals surface area contributed by atoms with E-state index in [0.717, 1.165) is 19.3 Å². The smallest absolute Gasteiger partial charge is 0.159 e. The second-order valence-corrected chi connectivity index (χ2v) is 4.03. The van der Waals surface area contributed by atoms with Crippen molar-refractivity contribution in [1.82, 2.24) is 0 Å². The molecule has 0 radical (unpaired) electrons. The second kappa shape index (κ2) is 6.43. The summed E-state index contributed by atoms with van der Waals surface area (Å²) in [6.07, 6.45) is 3.19. The number of methoxy groups -OCH3 is 3. The van der Waals surface area contributed by atoms with Crippen molar-refractivity contribution < 1.29 is 18.9 Å². The molecule has 1 aliphatic heterocycles. The van der Waals surface area contributed by atoms with Crippen molar-refractivity contribution >= 4 is 0 Å². The molecule has 0 aliphatic carbocycles. The Morgan fingerprint density at radius 1 is 1.20 bits per heavy atom. The minimum atomic E-state index is -0.183. The average molecular weight is 218 g/mol. The van der Waals surface area contributed by atoms with Crippen LogP contribution in [0.25, 0.3) is 0 Å². The first-order valence-electron chi connectivity index (χ1n) is 5.43. The fraction of sp³-hybridized carbons (Fsp3) is 1.00. The molecule has 0 aromatic heterocycles. The number of hydrogen-bond donors (Lipinski definition) is 0. The summed E-state index contributed by atoms with van der Waals surface area (Å²) in [5.74, 6) is 0. The van der Waals surface area contributed by atoms with Gasteiger partial charge < -0.3 is 18.9 Å². The highest BCUT2D eigenvalue weighted by atomic mass is 16.7. The lowest BCUT2D eigenvalue weighted by atomic mass is 9.99. The molecule has 15 heavy (non-hydrogen) atoms. The molecule has 0 N–H and O–H groups in total. The van der Waals surface area contributed by atoms with Crippen LogP contribution in [0.1, 0.15) is 26.2 Å². The van der Waals surface area contributed by atoms with Crippen LogP contribution in [0.4, 0.5) is 0 Å². The van der Waals surface area contributed by atoms with Crippen LogP contribution in [0.15, 0.2) is 0 Å². The molecule has 90 valence electrons. The van der Waals surface area contributed by atoms with Crippen molar-refractivity contribution in [1.29, 1.82) is 0 Å². The van der Waals surface area contributed by atoms with Crippen LogP contribution in [0.3, 0.4) is 0 Å². The van der Waals surface area contributed by atoms with Gasteiger partial charge in [-0.3, -0.25) is 0 Å². The summed E-state index contributed by atoms with van der Waals surface area (Å²) >= 11 is 0. The zero-order valence-electron chi connectivity index (χ0n) is 10.1. The van der Waals surface area contributed by atoms with Crippen LogP contribution < -0.4 is 0 Å². The summed E-state index contributed by atoms with van der Waals surface area (Å²) in [6.45, 7) is 2.08. The first-order chi connectivity index (χ1) is 7.19. The topological polar surface area (TPSA) is 36.9 Å². The van der Waals surface area contributed by atoms with Crippen molar-refractivity contribution in [2.24, 2.45) is 0 Å². The summed E-state index contributed by atoms with van der Waals surface area (Å²) in [7, 11) is 5.05. The van der Waals surface area contributed by atoms with Gasteiger partial charge in [-0.1, -0.05) is 0 Å². The van der Waals surface area contributed by atoms with Crippen LogP contribution in [0.2, 0.25) is 0 Å². The minimum Gasteiger partial charge on any atom is -0.381 e. The lowest BCUT2D eigenvalue weighted by Crippen LogP contribution is -2.37. The standard InChI is InChI=1S/C11H22O4/c1-8-5-9(12-2)6-10(15-8)7-11(13-3)14-4/h8-11H,5-7H2,1-4H3/t8-,9+,10+/m0/s1. The zero-order valence-corrected chi connectivity index (χ0v) is 10.1. The Hall–Kier alpha value is -0.160. The lowest BCUT2D eigenvalue weighted by Gasteiger charge is -2.34. The highest BCUT2D eigenvalue weighted by molar-refractivity contribution is 4.76. The van der Waals surface area contributed by atoms with Crippen LogP contribution in [0.5, 0.6) is 0 Å². The molecule has 4 heteroatoms. The Morgan fingerprint density at radius 3 is 2.40 bits per heavy atom. The first kappa shape index (κ1) is 12.9. The maximum Gasteiger partial charge on any atom is 0.159 e. The molecule has 0 bridgehead atoms. The quantitative estimate of drug-likeness (QED) is 0.656. The fourth-order valence-electron chi connectivity index (χ4n) is 2.05. The molecule has 3 atom stereocenters. The van der Waals surface area contributed by atoms with Crippen molar-refractivity contribution in [3.05, 3.63) is 0 Å². The molecule has 1 heterocycles. The zero-order chi connectivity index (χ0) is 11.3. The van der Waals surface area contributed by atoms with E-state index in [1.165, 1.54) is 0 Å². The molecule has 0 aromatic rings. The largest absolute Gasteiger partial charge is 0.381 e. The Morgan fingerprint density at radius 2 is 1.87 bits per heavy atom. The van der Waals surface area contributed by atoms with Gasteiger partial charge in [0.25, 0.3) is 0 Å². The van der Waals surface area contributed by atoms with Gasteiger partial charge in [-0.15, -0.1) is 0 Å². The van der Waals surface area contributed by atoms with E-state index >= 15 is 0 Å². The molecule has 0 saturated carbocycles. The lowest BCUT2D eigenvalue weighted by molar-refractivity contribution is -0.159. The van der Waals surface area contributed by atoms with Gasteiger partial charge in [0.1, 0.15) is 0 Å². The van der Waals surface area contributed by atoms with Crippen molar-refractivity contribution in [2.45, 2.75) is 50.8 Å². The summed E-state index contributed by atoms with van der Waals surface area (Å²) in [5, 5.41) is 0. The van der Waals surface area contributed by atoms with Crippen LogP contribution in [0, 0.1) is 0 Å². The molecule has 0 aromatic carbocycles. The summed E-state index contributed by atoms with van der Waals surface area (Å²) in [6, 6.07) is 0. The molecule has 4 nitrogen and oxygen atoms in total. The maximum absolute atomic E-state index is 5.81. The van der Waals surface area contributed by atoms with E-state index in [1.807, 2.05) is 0 Å². The van der Waals surface area contributed by atoms with Crippen LogP contribution in [-0.4, -0.2) is 45.9 Å². The predicted octanol–water partition coefficient (Wildman–Crippen LogP) is 1.58. The van der Waals surface area contributed by atoms with E-state index in [9.17, 15) is 0 Å². The molecule has 1 rings (SSSR count). The van der Waals surface area contributed by atoms with Gasteiger partial charge in [0.15, 0.2) is 6.29 Å². The molecule has 0 spiro atoms. The van der Waals surface area contributed by atoms with Gasteiger partial charge in [-0.2, -0.15) is 0 Å². The van der Waals surface area contributed by atoms with Gasteiger partial charge in [0.05, 0.1) is 18.3 Å². The maximum atomic E-state index is 5.81. The monoisotopic (exact) mass is 218 g/mol. The summed E-state index contributed by atoms with van der Waals surface area (Å²) < 4.78 is 21.5. The third-order valence-corrected chi connectivity index (χ3v) is 2.86. The first-order valence-corrected chi connectivity index (χ1v) is 5.43. The van der Waals surface area contributed by atoms with Crippen molar-refractivity contribution in [3.8, 4) is 0 Å². The minimum absolute atomic E-state index is 0.170. The van der Waals surface area contributed by atoms with E-state index in [-0.39, 0.29) is 18.5 Å². The van der Waals surface area contributed by atoms with Gasteiger partial charge in [0.2, 0.25) is 0 Å². The molecular formula is C11H22O4. The Bertz CT molecular complexity index is 170. The number of ether oxygens (including phenoxy) is 4. The highest BCUT2D eigenvalue weighted by Gasteiger charge is 2.28. The average Bonchev–Trinajstić information content (AvgIpc) is 2.25. The van der Waals surface area contributed by atoms with Crippen molar-refractivity contribution in [2.75, 3.05) is 21.3 Å². The Kier molecular flexibility index (Phi) is 5.53. The molecule has 1 saturated heterocycles. The molecular weight excluding hydrogens is 196 g/mol. The SMILES string of the molecule is COC(C[C@H]1C[C@H](OC)C[C@H](C)O1)OC. The number of rotatable bonds is 5. The Balaban J connectivity index is 2.39. The normalized spacial score (nSPS) is 32.2. The third-order valence-electron chi connectivity index (χ3n) is 2.86. The van der Waals surface area contributed by atoms with E-state index in [0.29, 0.717) is 6.10 Å². The van der Waals surface area contributed by atoms with Gasteiger partial charge >= 0.3 is 0 Å². The third kappa shape index (κ3) is 4.07. The van der Waals surface area contributed by atoms with E-state index in [4.69, 9.17) is 18.9 Å². The molecule has 1 fully saturated rings. The highest BCUT2D eigenvalue weighted by Crippen LogP contribution is 2.24. The van der Waals surface area contributed by atoms with Crippen molar-refractivity contribution in [3.63, 3.8) is 0 Å². The van der Waals surface area contributed by atoms with E-state index in [1.54, 1.807) is 21.3 Å². The van der Waals surface area contributed by atoms with Crippen LogP contribution >= 0.6 is 0 Å². The Labute approximate surface area is 91.8 Å². The summed E-state index contributed by atoms with van der Waals surface area (Å²) in [5.41, 5.74) is 0. The van der Waals surface area contributed by atoms with Crippen LogP contribution in [-0.2, 0) is 18.9 Å². The molecule has 0 unspecified atom stereocenters. The van der Waals surface area contributed by atoms with E-state index in [2.05, 4.69) is 6.92 Å². The summed E-state index contributed by atoms with van der Waals surface area (Å²) in [4.78, 5) is 0. The van der Waals surface area contributed by atoms with Gasteiger partial charge in [-0.05, 0) is 13.3 Å². The molecule has 0 amide bonds. The van der Waals surface area contributed by atoms with E-state index < -0.39 is 0 Å². The number of hydrogen-bond acceptors (Lipinski definition) is 4. The van der Waals surface area contributed by atoms with Gasteiger partial charge in [0, 0.05) is 34.2 Å². The predicted molar refractivity (Wildman–Crippen MR) is 56.8 cm³/mol. The fourth-order valence-corrected chi connectivity index (χ4v) is 2.05.